The van der Waals surface area contributed by atoms with Crippen molar-refractivity contribution in [3.05, 3.63) is 34.9 Å². The predicted octanol–water partition coefficient (Wildman–Crippen LogP) is 5.40. The minimum atomic E-state index is -2.17. The zero-order chi connectivity index (χ0) is 17.3. The van der Waals surface area contributed by atoms with Crippen molar-refractivity contribution in [1.82, 2.24) is 0 Å². The van der Waals surface area contributed by atoms with Gasteiger partial charge in [0.25, 0.3) is 0 Å². The van der Waals surface area contributed by atoms with Crippen LogP contribution in [0.3, 0.4) is 0 Å². The van der Waals surface area contributed by atoms with Crippen LogP contribution in [0.1, 0.15) is 76.0 Å². The summed E-state index contributed by atoms with van der Waals surface area (Å²) in [6.45, 7) is 9.49. The third-order valence-electron chi connectivity index (χ3n) is 4.12. The van der Waals surface area contributed by atoms with Crippen molar-refractivity contribution in [1.29, 1.82) is 0 Å². The van der Waals surface area contributed by atoms with Crippen molar-refractivity contribution in [2.24, 2.45) is 0 Å². The van der Waals surface area contributed by atoms with Gasteiger partial charge in [-0.25, -0.2) is 0 Å². The van der Waals surface area contributed by atoms with Crippen molar-refractivity contribution in [2.75, 3.05) is 6.61 Å². The number of rotatable bonds is 10. The molecular weight excluding hydrogens is 307 g/mol. The van der Waals surface area contributed by atoms with Crippen LogP contribution in [0.4, 0.5) is 0 Å². The molecule has 0 aliphatic rings. The average molecular weight is 340 g/mol. The van der Waals surface area contributed by atoms with Crippen LogP contribution in [-0.4, -0.2) is 16.4 Å². The normalized spacial score (nSPS) is 12.1. The third kappa shape index (κ3) is 8.81. The molecule has 2 N–H and O–H groups in total. The smallest absolute Gasteiger partial charge is 0.327 e. The molecule has 1 rings (SSSR count). The summed E-state index contributed by atoms with van der Waals surface area (Å²) in [5, 5.41) is 0. The molecule has 0 unspecified atom stereocenters. The van der Waals surface area contributed by atoms with Gasteiger partial charge in [-0.3, -0.25) is 0 Å². The minimum absolute atomic E-state index is 0.209. The van der Waals surface area contributed by atoms with Crippen molar-refractivity contribution >= 4 is 8.60 Å². The lowest BCUT2D eigenvalue weighted by atomic mass is 9.81. The first kappa shape index (κ1) is 20.6. The molecule has 132 valence electrons. The van der Waals surface area contributed by atoms with E-state index in [-0.39, 0.29) is 5.41 Å². The summed E-state index contributed by atoms with van der Waals surface area (Å²) < 4.78 is 4.76. The van der Waals surface area contributed by atoms with Gasteiger partial charge in [-0.05, 0) is 42.7 Å². The van der Waals surface area contributed by atoms with Gasteiger partial charge in [0, 0.05) is 0 Å². The van der Waals surface area contributed by atoms with E-state index in [1.54, 1.807) is 0 Å². The summed E-state index contributed by atoms with van der Waals surface area (Å²) in [6, 6.07) is 6.86. The molecule has 0 bridgehead atoms. The second-order valence-corrected chi connectivity index (χ2v) is 8.13. The molecule has 3 nitrogen and oxygen atoms in total. The van der Waals surface area contributed by atoms with Gasteiger partial charge in [0.2, 0.25) is 0 Å². The summed E-state index contributed by atoms with van der Waals surface area (Å²) >= 11 is 0. The highest BCUT2D eigenvalue weighted by Gasteiger charge is 2.17. The number of unbranched alkanes of at least 4 members (excludes halogenated alkanes) is 5. The molecule has 23 heavy (non-hydrogen) atoms. The number of hydrogen-bond acceptors (Lipinski definition) is 3. The second kappa shape index (κ2) is 10.4. The largest absolute Gasteiger partial charge is 0.328 e. The van der Waals surface area contributed by atoms with Crippen LogP contribution in [0, 0.1) is 6.92 Å². The summed E-state index contributed by atoms with van der Waals surface area (Å²) in [7, 11) is -2.17. The van der Waals surface area contributed by atoms with E-state index in [4.69, 9.17) is 14.3 Å². The quantitative estimate of drug-likeness (QED) is 0.443. The van der Waals surface area contributed by atoms with Gasteiger partial charge in [-0.1, -0.05) is 70.2 Å². The van der Waals surface area contributed by atoms with Crippen LogP contribution in [0.15, 0.2) is 18.2 Å². The maximum Gasteiger partial charge on any atom is 0.327 e. The lowest BCUT2D eigenvalue weighted by Crippen LogP contribution is -2.14. The number of benzene rings is 1. The summed E-state index contributed by atoms with van der Waals surface area (Å²) in [6.07, 6.45) is 8.09. The minimum Gasteiger partial charge on any atom is -0.328 e. The predicted molar refractivity (Wildman–Crippen MR) is 98.6 cm³/mol. The monoisotopic (exact) mass is 340 g/mol. The van der Waals surface area contributed by atoms with Gasteiger partial charge in [0.1, 0.15) is 0 Å². The zero-order valence-corrected chi connectivity index (χ0v) is 16.0. The number of aryl methyl sites for hydroxylation is 2. The van der Waals surface area contributed by atoms with Crippen LogP contribution in [-0.2, 0) is 16.4 Å². The third-order valence-corrected chi connectivity index (χ3v) is 4.53. The molecule has 0 aromatic heterocycles. The van der Waals surface area contributed by atoms with Crippen molar-refractivity contribution < 1.29 is 14.3 Å². The van der Waals surface area contributed by atoms with Crippen LogP contribution in [0.5, 0.6) is 0 Å². The lowest BCUT2D eigenvalue weighted by molar-refractivity contribution is 0.248. The summed E-state index contributed by atoms with van der Waals surface area (Å²) in [5.41, 5.74) is 4.53. The molecule has 1 aromatic carbocycles. The topological polar surface area (TPSA) is 49.7 Å². The Hall–Kier alpha value is -0.470. The first-order valence-corrected chi connectivity index (χ1v) is 9.88. The fourth-order valence-electron chi connectivity index (χ4n) is 2.88. The van der Waals surface area contributed by atoms with Gasteiger partial charge in [-0.15, -0.1) is 0 Å². The van der Waals surface area contributed by atoms with Crippen molar-refractivity contribution in [2.45, 2.75) is 78.1 Å². The molecule has 0 radical (unpaired) electrons. The highest BCUT2D eigenvalue weighted by molar-refractivity contribution is 7.39. The SMILES string of the molecule is Cc1ccc(CCCCCCCCOP(O)O)c(C(C)(C)C)c1. The van der Waals surface area contributed by atoms with Gasteiger partial charge in [0.05, 0.1) is 6.61 Å². The van der Waals surface area contributed by atoms with Crippen molar-refractivity contribution in [3.8, 4) is 0 Å². The molecule has 0 heterocycles. The fraction of sp³-hybridized carbons (Fsp3) is 0.684. The average Bonchev–Trinajstić information content (AvgIpc) is 2.45. The maximum absolute atomic E-state index is 8.63. The number of hydrogen-bond donors (Lipinski definition) is 2. The molecule has 0 saturated heterocycles. The van der Waals surface area contributed by atoms with Crippen LogP contribution < -0.4 is 0 Å². The Balaban J connectivity index is 2.24. The Morgan fingerprint density at radius 1 is 0.957 bits per heavy atom. The van der Waals surface area contributed by atoms with E-state index in [0.717, 1.165) is 19.3 Å². The van der Waals surface area contributed by atoms with Gasteiger partial charge < -0.3 is 14.3 Å². The molecule has 0 aliphatic heterocycles. The van der Waals surface area contributed by atoms with Crippen molar-refractivity contribution in [3.63, 3.8) is 0 Å². The zero-order valence-electron chi connectivity index (χ0n) is 15.1. The first-order chi connectivity index (χ1) is 10.8. The first-order valence-electron chi connectivity index (χ1n) is 8.71. The Kier molecular flexibility index (Phi) is 9.31. The molecule has 0 aliphatic carbocycles. The maximum atomic E-state index is 8.63. The van der Waals surface area contributed by atoms with E-state index >= 15 is 0 Å². The molecule has 0 saturated carbocycles. The Labute approximate surface area is 143 Å². The van der Waals surface area contributed by atoms with E-state index in [1.165, 1.54) is 42.4 Å². The lowest BCUT2D eigenvalue weighted by Gasteiger charge is -2.23. The van der Waals surface area contributed by atoms with Crippen LogP contribution in [0.25, 0.3) is 0 Å². The van der Waals surface area contributed by atoms with E-state index in [0.29, 0.717) is 6.61 Å². The van der Waals surface area contributed by atoms with E-state index in [9.17, 15) is 0 Å². The molecule has 0 spiro atoms. The van der Waals surface area contributed by atoms with Gasteiger partial charge in [0.15, 0.2) is 0 Å². The molecule has 0 fully saturated rings. The van der Waals surface area contributed by atoms with E-state index in [1.807, 2.05) is 0 Å². The molecular formula is C19H33O3P. The standard InChI is InChI=1S/C19H33O3P/c1-16-12-13-17(18(15-16)19(2,3)4)11-9-7-5-6-8-10-14-22-23(20)21/h12-13,15,20-21H,5-11,14H2,1-4H3. The molecule has 1 aromatic rings. The van der Waals surface area contributed by atoms with E-state index < -0.39 is 8.60 Å². The fourth-order valence-corrected chi connectivity index (χ4v) is 3.17. The van der Waals surface area contributed by atoms with Gasteiger partial charge >= 0.3 is 8.60 Å². The molecule has 0 amide bonds. The summed E-state index contributed by atoms with van der Waals surface area (Å²) in [4.78, 5) is 17.3. The van der Waals surface area contributed by atoms with Crippen LogP contribution >= 0.6 is 8.60 Å². The Bertz CT molecular complexity index is 452. The van der Waals surface area contributed by atoms with Crippen LogP contribution in [0.2, 0.25) is 0 Å². The molecule has 4 heteroatoms. The Morgan fingerprint density at radius 3 is 2.17 bits per heavy atom. The van der Waals surface area contributed by atoms with E-state index in [2.05, 4.69) is 45.9 Å². The highest BCUT2D eigenvalue weighted by atomic mass is 31.2. The molecule has 0 atom stereocenters. The Morgan fingerprint density at radius 2 is 1.57 bits per heavy atom. The second-order valence-electron chi connectivity index (χ2n) is 7.37. The highest BCUT2D eigenvalue weighted by Crippen LogP contribution is 2.28. The van der Waals surface area contributed by atoms with Gasteiger partial charge in [-0.2, -0.15) is 0 Å². The summed E-state index contributed by atoms with van der Waals surface area (Å²) in [5.74, 6) is 0.